The molecule has 0 radical (unpaired) electrons. The first kappa shape index (κ1) is 16.9. The van der Waals surface area contributed by atoms with E-state index in [2.05, 4.69) is 0 Å². The Balaban J connectivity index is 2.12. The van der Waals surface area contributed by atoms with Crippen molar-refractivity contribution in [2.24, 2.45) is 0 Å². The van der Waals surface area contributed by atoms with Crippen LogP contribution in [0.25, 0.3) is 0 Å². The first-order chi connectivity index (χ1) is 10.2. The molecular weight excluding hydrogens is 304 g/mol. The maximum atomic E-state index is 12.7. The Bertz CT molecular complexity index is 664. The van der Waals surface area contributed by atoms with Gasteiger partial charge in [-0.2, -0.15) is 4.31 Å². The number of benzene rings is 1. The van der Waals surface area contributed by atoms with Crippen LogP contribution in [0.4, 0.5) is 0 Å². The fourth-order valence-electron chi connectivity index (χ4n) is 2.51. The Kier molecular flexibility index (Phi) is 4.89. The predicted molar refractivity (Wildman–Crippen MR) is 83.3 cm³/mol. The Morgan fingerprint density at radius 3 is 2.23 bits per heavy atom. The lowest BCUT2D eigenvalue weighted by Crippen LogP contribution is -2.53. The van der Waals surface area contributed by atoms with Crippen molar-refractivity contribution in [3.8, 4) is 0 Å². The summed E-state index contributed by atoms with van der Waals surface area (Å²) in [5.41, 5.74) is 2.00. The van der Waals surface area contributed by atoms with Gasteiger partial charge in [-0.05, 0) is 44.0 Å². The fourth-order valence-corrected chi connectivity index (χ4v) is 4.02. The molecule has 0 amide bonds. The monoisotopic (exact) mass is 326 g/mol. The molecule has 1 aliphatic rings. The summed E-state index contributed by atoms with van der Waals surface area (Å²) in [4.78, 5) is 13.1. The third-order valence-corrected chi connectivity index (χ3v) is 6.19. The van der Waals surface area contributed by atoms with E-state index in [0.717, 1.165) is 11.1 Å². The number of aliphatic carboxylic acids is 1. The molecule has 2 rings (SSSR count). The van der Waals surface area contributed by atoms with E-state index in [-0.39, 0.29) is 0 Å². The summed E-state index contributed by atoms with van der Waals surface area (Å²) >= 11 is 0. The van der Waals surface area contributed by atoms with Crippen molar-refractivity contribution >= 4 is 16.0 Å². The van der Waals surface area contributed by atoms with Crippen LogP contribution in [0.3, 0.4) is 0 Å². The average molecular weight is 326 g/mol. The average Bonchev–Trinajstić information content (AvgIpc) is 2.49. The number of aryl methyl sites for hydroxylation is 2. The van der Waals surface area contributed by atoms with E-state index < -0.39 is 22.0 Å². The van der Waals surface area contributed by atoms with E-state index in [1.54, 1.807) is 24.0 Å². The second-order valence-electron chi connectivity index (χ2n) is 5.70. The number of nitrogens with zero attached hydrogens (tertiary/aromatic N) is 2. The topological polar surface area (TPSA) is 77.9 Å². The van der Waals surface area contributed by atoms with Crippen molar-refractivity contribution in [2.45, 2.75) is 31.7 Å². The molecule has 7 heteroatoms. The minimum absolute atomic E-state index is 0.301. The van der Waals surface area contributed by atoms with Gasteiger partial charge in [-0.15, -0.1) is 0 Å². The maximum Gasteiger partial charge on any atom is 0.320 e. The zero-order valence-corrected chi connectivity index (χ0v) is 13.9. The fraction of sp³-hybridized carbons (Fsp3) is 0.533. The van der Waals surface area contributed by atoms with E-state index in [1.807, 2.05) is 19.9 Å². The summed E-state index contributed by atoms with van der Waals surface area (Å²) < 4.78 is 26.7. The van der Waals surface area contributed by atoms with E-state index in [4.69, 9.17) is 5.11 Å². The number of sulfonamides is 1. The van der Waals surface area contributed by atoms with Gasteiger partial charge in [0, 0.05) is 26.2 Å². The van der Waals surface area contributed by atoms with Gasteiger partial charge in [-0.25, -0.2) is 8.42 Å². The third-order valence-electron chi connectivity index (χ3n) is 4.29. The van der Waals surface area contributed by atoms with E-state index in [0.29, 0.717) is 31.1 Å². The highest BCUT2D eigenvalue weighted by atomic mass is 32.2. The van der Waals surface area contributed by atoms with Crippen molar-refractivity contribution in [2.75, 3.05) is 26.2 Å². The number of carboxylic acids is 1. The van der Waals surface area contributed by atoms with Gasteiger partial charge < -0.3 is 5.11 Å². The SMILES string of the molecule is Cc1ccc(S(=O)(=O)N2CCN([C@@H](C)C(=O)O)CC2)cc1C. The molecule has 1 saturated heterocycles. The van der Waals surface area contributed by atoms with Gasteiger partial charge in [0.2, 0.25) is 10.0 Å². The highest BCUT2D eigenvalue weighted by molar-refractivity contribution is 7.89. The van der Waals surface area contributed by atoms with Crippen LogP contribution < -0.4 is 0 Å². The summed E-state index contributed by atoms with van der Waals surface area (Å²) in [6.45, 7) is 6.93. The standard InChI is InChI=1S/C15H22N2O4S/c1-11-4-5-14(10-12(11)2)22(20,21)17-8-6-16(7-9-17)13(3)15(18)19/h4-5,10,13H,6-9H2,1-3H3,(H,18,19)/t13-/m0/s1. The molecule has 1 N–H and O–H groups in total. The summed E-state index contributed by atoms with van der Waals surface area (Å²) in [6.07, 6.45) is 0. The van der Waals surface area contributed by atoms with Crippen molar-refractivity contribution in [1.29, 1.82) is 0 Å². The molecule has 6 nitrogen and oxygen atoms in total. The largest absolute Gasteiger partial charge is 0.480 e. The van der Waals surface area contributed by atoms with E-state index in [1.165, 1.54) is 4.31 Å². The number of hydrogen-bond acceptors (Lipinski definition) is 4. The van der Waals surface area contributed by atoms with Crippen LogP contribution in [0.1, 0.15) is 18.1 Å². The molecule has 0 saturated carbocycles. The molecule has 1 aliphatic heterocycles. The Morgan fingerprint density at radius 1 is 1.14 bits per heavy atom. The van der Waals surface area contributed by atoms with Crippen LogP contribution >= 0.6 is 0 Å². The number of rotatable bonds is 4. The van der Waals surface area contributed by atoms with E-state index in [9.17, 15) is 13.2 Å². The van der Waals surface area contributed by atoms with Crippen molar-refractivity contribution in [3.05, 3.63) is 29.3 Å². The molecule has 22 heavy (non-hydrogen) atoms. The Labute approximate surface area is 131 Å². The second kappa shape index (κ2) is 6.36. The molecule has 0 spiro atoms. The Morgan fingerprint density at radius 2 is 1.73 bits per heavy atom. The van der Waals surface area contributed by atoms with Gasteiger partial charge in [0.25, 0.3) is 0 Å². The molecular formula is C15H22N2O4S. The molecule has 1 fully saturated rings. The highest BCUT2D eigenvalue weighted by Gasteiger charge is 2.31. The van der Waals surface area contributed by atoms with Gasteiger partial charge in [0.05, 0.1) is 4.90 Å². The predicted octanol–water partition coefficient (Wildman–Crippen LogP) is 1.08. The zero-order chi connectivity index (χ0) is 16.5. The molecule has 0 aliphatic carbocycles. The van der Waals surface area contributed by atoms with Crippen LogP contribution in [0.5, 0.6) is 0 Å². The van der Waals surface area contributed by atoms with Gasteiger partial charge in [-0.1, -0.05) is 6.07 Å². The summed E-state index contributed by atoms with van der Waals surface area (Å²) in [5.74, 6) is -0.884. The van der Waals surface area contributed by atoms with Crippen LogP contribution in [-0.2, 0) is 14.8 Å². The first-order valence-corrected chi connectivity index (χ1v) is 8.71. The number of hydrogen-bond donors (Lipinski definition) is 1. The lowest BCUT2D eigenvalue weighted by Gasteiger charge is -2.35. The molecule has 0 bridgehead atoms. The molecule has 1 heterocycles. The third kappa shape index (κ3) is 3.31. The van der Waals surface area contributed by atoms with Crippen molar-refractivity contribution < 1.29 is 18.3 Å². The molecule has 122 valence electrons. The van der Waals surface area contributed by atoms with Gasteiger partial charge in [0.1, 0.15) is 6.04 Å². The molecule has 0 aromatic heterocycles. The number of piperazine rings is 1. The number of carbonyl (C=O) groups is 1. The number of carboxylic acid groups (broad SMARTS) is 1. The minimum atomic E-state index is -3.51. The van der Waals surface area contributed by atoms with Crippen LogP contribution in [-0.4, -0.2) is 60.9 Å². The van der Waals surface area contributed by atoms with E-state index >= 15 is 0 Å². The highest BCUT2D eigenvalue weighted by Crippen LogP contribution is 2.21. The molecule has 1 aromatic rings. The summed E-state index contributed by atoms with van der Waals surface area (Å²) in [7, 11) is -3.51. The maximum absolute atomic E-state index is 12.7. The van der Waals surface area contributed by atoms with Crippen LogP contribution in [0.2, 0.25) is 0 Å². The van der Waals surface area contributed by atoms with Gasteiger partial charge in [0.15, 0.2) is 0 Å². The Hall–Kier alpha value is -1.44. The summed E-state index contributed by atoms with van der Waals surface area (Å²) in [6, 6.07) is 4.54. The first-order valence-electron chi connectivity index (χ1n) is 7.27. The molecule has 0 unspecified atom stereocenters. The van der Waals surface area contributed by atoms with Crippen LogP contribution in [0, 0.1) is 13.8 Å². The minimum Gasteiger partial charge on any atom is -0.480 e. The lowest BCUT2D eigenvalue weighted by molar-refractivity contribution is -0.143. The van der Waals surface area contributed by atoms with Gasteiger partial charge in [-0.3, -0.25) is 9.69 Å². The smallest absolute Gasteiger partial charge is 0.320 e. The lowest BCUT2D eigenvalue weighted by atomic mass is 10.1. The molecule has 1 atom stereocenters. The van der Waals surface area contributed by atoms with Crippen molar-refractivity contribution in [1.82, 2.24) is 9.21 Å². The van der Waals surface area contributed by atoms with Gasteiger partial charge >= 0.3 is 5.97 Å². The quantitative estimate of drug-likeness (QED) is 0.896. The summed E-state index contributed by atoms with van der Waals surface area (Å²) in [5, 5.41) is 9.02. The zero-order valence-electron chi connectivity index (χ0n) is 13.1. The van der Waals surface area contributed by atoms with Crippen LogP contribution in [0.15, 0.2) is 23.1 Å². The van der Waals surface area contributed by atoms with Crippen molar-refractivity contribution in [3.63, 3.8) is 0 Å². The normalized spacial score (nSPS) is 19.0. The second-order valence-corrected chi connectivity index (χ2v) is 7.64. The molecule has 1 aromatic carbocycles.